The Balaban J connectivity index is 1.97. The van der Waals surface area contributed by atoms with Crippen molar-refractivity contribution in [3.63, 3.8) is 0 Å². The third kappa shape index (κ3) is 4.93. The van der Waals surface area contributed by atoms with Crippen molar-refractivity contribution in [1.82, 2.24) is 4.90 Å². The third-order valence-corrected chi connectivity index (χ3v) is 4.66. The summed E-state index contributed by atoms with van der Waals surface area (Å²) in [6, 6.07) is 3.90. The van der Waals surface area contributed by atoms with Gasteiger partial charge in [0.05, 0.1) is 17.3 Å². The summed E-state index contributed by atoms with van der Waals surface area (Å²) in [7, 11) is 1.26. The van der Waals surface area contributed by atoms with Crippen molar-refractivity contribution >= 4 is 24.7 Å². The SMILES string of the molecule is CC(C)(O)C(C)(C)O[B]c1ccc(NC(=O)N2CC[C@@H](O)C2)cc1F. The van der Waals surface area contributed by atoms with E-state index in [0.717, 1.165) is 0 Å². The highest BCUT2D eigenvalue weighted by atomic mass is 19.1. The Morgan fingerprint density at radius 3 is 2.60 bits per heavy atom. The van der Waals surface area contributed by atoms with E-state index >= 15 is 0 Å². The molecule has 0 saturated carbocycles. The molecule has 25 heavy (non-hydrogen) atoms. The van der Waals surface area contributed by atoms with Gasteiger partial charge in [0.1, 0.15) is 5.82 Å². The molecule has 1 radical (unpaired) electrons. The van der Waals surface area contributed by atoms with Gasteiger partial charge in [-0.3, -0.25) is 0 Å². The zero-order valence-corrected chi connectivity index (χ0v) is 15.0. The van der Waals surface area contributed by atoms with Crippen LogP contribution in [-0.4, -0.2) is 59.0 Å². The summed E-state index contributed by atoms with van der Waals surface area (Å²) >= 11 is 0. The molecule has 0 aromatic heterocycles. The second-order valence-corrected chi connectivity index (χ2v) is 7.36. The minimum Gasteiger partial charge on any atom is -0.427 e. The summed E-state index contributed by atoms with van der Waals surface area (Å²) in [4.78, 5) is 13.5. The number of likely N-dealkylation sites (tertiary alicyclic amines) is 1. The van der Waals surface area contributed by atoms with Gasteiger partial charge in [-0.25, -0.2) is 9.18 Å². The summed E-state index contributed by atoms with van der Waals surface area (Å²) in [5.74, 6) is -0.550. The first-order valence-corrected chi connectivity index (χ1v) is 8.26. The normalized spacial score (nSPS) is 18.4. The average Bonchev–Trinajstić information content (AvgIpc) is 2.92. The molecule has 6 nitrogen and oxygen atoms in total. The number of carbonyl (C=O) groups is 1. The van der Waals surface area contributed by atoms with E-state index in [0.29, 0.717) is 18.7 Å². The van der Waals surface area contributed by atoms with Crippen molar-refractivity contribution < 1.29 is 24.1 Å². The van der Waals surface area contributed by atoms with Gasteiger partial charge in [0.2, 0.25) is 0 Å². The maximum Gasteiger partial charge on any atom is 0.333 e. The Bertz CT molecular complexity index is 634. The molecule has 0 spiro atoms. The van der Waals surface area contributed by atoms with Crippen LogP contribution in [-0.2, 0) is 4.65 Å². The fourth-order valence-corrected chi connectivity index (χ4v) is 2.18. The summed E-state index contributed by atoms with van der Waals surface area (Å²) in [5, 5.41) is 22.1. The van der Waals surface area contributed by atoms with Crippen molar-refractivity contribution in [3.8, 4) is 0 Å². The number of anilines is 1. The number of aliphatic hydroxyl groups excluding tert-OH is 1. The first kappa shape index (κ1) is 19.7. The highest BCUT2D eigenvalue weighted by molar-refractivity contribution is 6.47. The number of benzene rings is 1. The van der Waals surface area contributed by atoms with Gasteiger partial charge < -0.3 is 25.1 Å². The van der Waals surface area contributed by atoms with Crippen molar-refractivity contribution in [2.45, 2.75) is 51.4 Å². The van der Waals surface area contributed by atoms with Gasteiger partial charge in [-0.1, -0.05) is 6.07 Å². The number of amides is 2. The maximum absolute atomic E-state index is 14.2. The molecule has 1 saturated heterocycles. The van der Waals surface area contributed by atoms with E-state index in [1.807, 2.05) is 0 Å². The van der Waals surface area contributed by atoms with E-state index < -0.39 is 23.1 Å². The molecule has 1 aliphatic rings. The minimum absolute atomic E-state index is 0.215. The second kappa shape index (κ2) is 7.31. The van der Waals surface area contributed by atoms with Gasteiger partial charge in [0.15, 0.2) is 0 Å². The molecule has 137 valence electrons. The van der Waals surface area contributed by atoms with Crippen molar-refractivity contribution in [2.24, 2.45) is 0 Å². The maximum atomic E-state index is 14.2. The van der Waals surface area contributed by atoms with Crippen molar-refractivity contribution in [2.75, 3.05) is 18.4 Å². The Hall–Kier alpha value is -1.64. The van der Waals surface area contributed by atoms with Crippen LogP contribution >= 0.6 is 0 Å². The van der Waals surface area contributed by atoms with Gasteiger partial charge in [-0.05, 0) is 51.7 Å². The van der Waals surface area contributed by atoms with E-state index in [1.165, 1.54) is 24.5 Å². The molecule has 1 heterocycles. The van der Waals surface area contributed by atoms with Gasteiger partial charge in [0, 0.05) is 18.8 Å². The number of carbonyl (C=O) groups excluding carboxylic acids is 1. The first-order chi connectivity index (χ1) is 11.5. The monoisotopic (exact) mass is 351 g/mol. The van der Waals surface area contributed by atoms with E-state index in [-0.39, 0.29) is 18.0 Å². The minimum atomic E-state index is -1.10. The van der Waals surface area contributed by atoms with Gasteiger partial charge in [0.25, 0.3) is 0 Å². The molecule has 1 aromatic carbocycles. The summed E-state index contributed by atoms with van der Waals surface area (Å²) < 4.78 is 19.8. The van der Waals surface area contributed by atoms with E-state index in [1.54, 1.807) is 33.8 Å². The van der Waals surface area contributed by atoms with E-state index in [4.69, 9.17) is 4.65 Å². The van der Waals surface area contributed by atoms with Crippen LogP contribution < -0.4 is 10.8 Å². The molecule has 2 amide bonds. The number of hydrogen-bond acceptors (Lipinski definition) is 4. The number of halogens is 1. The lowest BCUT2D eigenvalue weighted by Gasteiger charge is -2.37. The fraction of sp³-hybridized carbons (Fsp3) is 0.588. The van der Waals surface area contributed by atoms with E-state index in [2.05, 4.69) is 5.32 Å². The van der Waals surface area contributed by atoms with Gasteiger partial charge in [-0.15, -0.1) is 0 Å². The molecule has 1 aromatic rings. The number of aliphatic hydroxyl groups is 2. The van der Waals surface area contributed by atoms with Gasteiger partial charge in [-0.2, -0.15) is 0 Å². The molecule has 0 aliphatic carbocycles. The van der Waals surface area contributed by atoms with Gasteiger partial charge >= 0.3 is 13.5 Å². The zero-order chi connectivity index (χ0) is 18.8. The number of rotatable bonds is 5. The number of urea groups is 1. The molecule has 8 heteroatoms. The summed E-state index contributed by atoms with van der Waals surface area (Å²) in [6.07, 6.45) is 0.0417. The zero-order valence-electron chi connectivity index (χ0n) is 15.0. The molecule has 1 atom stereocenters. The molecule has 0 bridgehead atoms. The molecule has 2 rings (SSSR count). The quantitative estimate of drug-likeness (QED) is 0.697. The van der Waals surface area contributed by atoms with Crippen LogP contribution in [0.25, 0.3) is 0 Å². The average molecular weight is 351 g/mol. The topological polar surface area (TPSA) is 82.0 Å². The Kier molecular flexibility index (Phi) is 5.76. The molecule has 3 N–H and O–H groups in total. The van der Waals surface area contributed by atoms with Crippen LogP contribution in [0.15, 0.2) is 18.2 Å². The standard InChI is InChI=1S/C17H25BFN2O4/c1-16(2,24)17(3,4)25-18-13-6-5-11(9-14(13)19)20-15(23)21-8-7-12(22)10-21/h5-6,9,12,22,24H,7-8,10H2,1-4H3,(H,20,23)/t12-/m1/s1. The first-order valence-electron chi connectivity index (χ1n) is 8.26. The predicted molar refractivity (Wildman–Crippen MR) is 94.5 cm³/mol. The lowest BCUT2D eigenvalue weighted by Crippen LogP contribution is -2.49. The molecule has 1 aliphatic heterocycles. The number of hydrogen-bond donors (Lipinski definition) is 3. The number of nitrogens with one attached hydrogen (secondary N) is 1. The number of nitrogens with zero attached hydrogens (tertiary/aromatic N) is 1. The van der Waals surface area contributed by atoms with Crippen molar-refractivity contribution in [1.29, 1.82) is 0 Å². The molecular weight excluding hydrogens is 326 g/mol. The summed E-state index contributed by atoms with van der Waals surface area (Å²) in [5.41, 5.74) is -1.47. The largest absolute Gasteiger partial charge is 0.427 e. The Morgan fingerprint density at radius 2 is 2.08 bits per heavy atom. The predicted octanol–water partition coefficient (Wildman–Crippen LogP) is 1.23. The Labute approximate surface area is 148 Å². The van der Waals surface area contributed by atoms with Crippen LogP contribution in [0, 0.1) is 5.82 Å². The van der Waals surface area contributed by atoms with Crippen LogP contribution in [0.3, 0.4) is 0 Å². The lowest BCUT2D eigenvalue weighted by atomic mass is 9.82. The fourth-order valence-electron chi connectivity index (χ4n) is 2.18. The number of β-amino-alcohol motifs (C(OH)–C–C–N with tert-alkyl or cyclic N) is 1. The third-order valence-electron chi connectivity index (χ3n) is 4.66. The van der Waals surface area contributed by atoms with Crippen LogP contribution in [0.2, 0.25) is 0 Å². The van der Waals surface area contributed by atoms with E-state index in [9.17, 15) is 19.4 Å². The molecule has 1 fully saturated rings. The van der Waals surface area contributed by atoms with Crippen LogP contribution in [0.5, 0.6) is 0 Å². The smallest absolute Gasteiger partial charge is 0.333 e. The highest BCUT2D eigenvalue weighted by Gasteiger charge is 2.36. The summed E-state index contributed by atoms with van der Waals surface area (Å²) in [6.45, 7) is 7.40. The molecule has 0 unspecified atom stereocenters. The van der Waals surface area contributed by atoms with Crippen molar-refractivity contribution in [3.05, 3.63) is 24.0 Å². The van der Waals surface area contributed by atoms with Crippen LogP contribution in [0.1, 0.15) is 34.1 Å². The second-order valence-electron chi connectivity index (χ2n) is 7.36. The van der Waals surface area contributed by atoms with Crippen LogP contribution in [0.4, 0.5) is 14.9 Å². The Morgan fingerprint density at radius 1 is 1.40 bits per heavy atom. The molecular formula is C17H25BFN2O4. The highest BCUT2D eigenvalue weighted by Crippen LogP contribution is 2.24. The lowest BCUT2D eigenvalue weighted by molar-refractivity contribution is -0.0893.